The zero-order valence-corrected chi connectivity index (χ0v) is 18.0. The summed E-state index contributed by atoms with van der Waals surface area (Å²) in [6, 6.07) is 2.17. The highest BCUT2D eigenvalue weighted by Gasteiger charge is 2.17. The Morgan fingerprint density at radius 3 is 2.70 bits per heavy atom. The molecule has 0 radical (unpaired) electrons. The van der Waals surface area contributed by atoms with Crippen LogP contribution in [-0.2, 0) is 24.2 Å². The normalized spacial score (nSPS) is 11.1. The van der Waals surface area contributed by atoms with Gasteiger partial charge in [-0.2, -0.15) is 0 Å². The van der Waals surface area contributed by atoms with Crippen molar-refractivity contribution in [3.63, 3.8) is 0 Å². The predicted molar refractivity (Wildman–Crippen MR) is 112 cm³/mol. The second-order valence-electron chi connectivity index (χ2n) is 5.80. The fourth-order valence-corrected chi connectivity index (χ4v) is 4.72. The van der Waals surface area contributed by atoms with Crippen LogP contribution in [0.15, 0.2) is 16.6 Å². The molecule has 0 unspecified atom stereocenters. The van der Waals surface area contributed by atoms with Gasteiger partial charge < -0.3 is 4.57 Å². The van der Waals surface area contributed by atoms with Gasteiger partial charge in [-0.1, -0.05) is 43.9 Å². The van der Waals surface area contributed by atoms with Gasteiger partial charge in [0.25, 0.3) is 0 Å². The molecule has 144 valence electrons. The highest BCUT2D eigenvalue weighted by Crippen LogP contribution is 2.28. The van der Waals surface area contributed by atoms with E-state index in [1.807, 2.05) is 6.92 Å². The smallest absolute Gasteiger partial charge is 0.236 e. The second kappa shape index (κ2) is 9.43. The number of carbonyl (C=O) groups is 1. The number of hydrogen-bond donors (Lipinski definition) is 1. The molecule has 1 N–H and O–H groups in total. The minimum atomic E-state index is -0.116. The number of hydrogen-bond acceptors (Lipinski definition) is 8. The van der Waals surface area contributed by atoms with Crippen LogP contribution in [0.4, 0.5) is 5.13 Å². The Morgan fingerprint density at radius 2 is 2.04 bits per heavy atom. The summed E-state index contributed by atoms with van der Waals surface area (Å²) in [4.78, 5) is 13.5. The third-order valence-corrected chi connectivity index (χ3v) is 6.80. The third kappa shape index (κ3) is 4.94. The molecule has 3 aromatic heterocycles. The van der Waals surface area contributed by atoms with Crippen LogP contribution in [0.3, 0.4) is 0 Å². The number of amides is 1. The van der Waals surface area contributed by atoms with Crippen molar-refractivity contribution in [2.24, 2.45) is 0 Å². The summed E-state index contributed by atoms with van der Waals surface area (Å²) in [7, 11) is 0. The Labute approximate surface area is 170 Å². The summed E-state index contributed by atoms with van der Waals surface area (Å²) in [6.45, 7) is 7.10. The van der Waals surface area contributed by atoms with E-state index >= 15 is 0 Å². The molecular weight excluding hydrogens is 400 g/mol. The minimum absolute atomic E-state index is 0.116. The van der Waals surface area contributed by atoms with Crippen LogP contribution in [0.5, 0.6) is 0 Å². The van der Waals surface area contributed by atoms with Crippen molar-refractivity contribution in [2.45, 2.75) is 51.7 Å². The number of nitrogens with one attached hydrogen (secondary N) is 1. The number of rotatable bonds is 9. The van der Waals surface area contributed by atoms with Gasteiger partial charge in [-0.05, 0) is 25.3 Å². The first-order valence-corrected chi connectivity index (χ1v) is 11.6. The zero-order valence-electron chi connectivity index (χ0n) is 15.6. The Morgan fingerprint density at radius 1 is 1.19 bits per heavy atom. The number of thioether (sulfide) groups is 1. The molecular formula is C17H22N6OS3. The maximum absolute atomic E-state index is 12.2. The first-order valence-electron chi connectivity index (χ1n) is 8.90. The van der Waals surface area contributed by atoms with Crippen molar-refractivity contribution in [1.29, 1.82) is 0 Å². The topological polar surface area (TPSA) is 85.6 Å². The van der Waals surface area contributed by atoms with E-state index in [1.165, 1.54) is 28.0 Å². The van der Waals surface area contributed by atoms with Crippen LogP contribution < -0.4 is 5.32 Å². The molecule has 3 rings (SSSR count). The van der Waals surface area contributed by atoms with Gasteiger partial charge in [0, 0.05) is 22.4 Å². The maximum atomic E-state index is 12.2. The molecule has 0 fully saturated rings. The standard InChI is InChI=1S/C17H22N6OS3/c1-4-7-23-15(11-8-12(5-2)25-9-11)20-22-17(23)26-10-13(24)18-16-21-19-14(6-3)27-16/h8-9H,4-7,10H2,1-3H3,(H,18,21,24). The molecule has 1 amide bonds. The van der Waals surface area contributed by atoms with Gasteiger partial charge >= 0.3 is 0 Å². The average molecular weight is 423 g/mol. The molecule has 0 saturated carbocycles. The highest BCUT2D eigenvalue weighted by molar-refractivity contribution is 7.99. The van der Waals surface area contributed by atoms with E-state index in [2.05, 4.69) is 55.6 Å². The molecule has 0 aliphatic heterocycles. The second-order valence-corrected chi connectivity index (χ2v) is 8.80. The first kappa shape index (κ1) is 20.0. The van der Waals surface area contributed by atoms with Crippen LogP contribution in [0.2, 0.25) is 0 Å². The molecule has 3 heterocycles. The lowest BCUT2D eigenvalue weighted by atomic mass is 10.2. The third-order valence-electron chi connectivity index (χ3n) is 3.77. The van der Waals surface area contributed by atoms with Crippen molar-refractivity contribution in [3.05, 3.63) is 21.3 Å². The van der Waals surface area contributed by atoms with E-state index < -0.39 is 0 Å². The van der Waals surface area contributed by atoms with Crippen LogP contribution >= 0.6 is 34.4 Å². The molecule has 0 atom stereocenters. The largest absolute Gasteiger partial charge is 0.302 e. The van der Waals surface area contributed by atoms with Crippen LogP contribution in [0, 0.1) is 0 Å². The van der Waals surface area contributed by atoms with E-state index in [0.29, 0.717) is 5.13 Å². The highest BCUT2D eigenvalue weighted by atomic mass is 32.2. The molecule has 0 aromatic carbocycles. The predicted octanol–water partition coefficient (Wildman–Crippen LogP) is 4.12. The summed E-state index contributed by atoms with van der Waals surface area (Å²) < 4.78 is 2.10. The van der Waals surface area contributed by atoms with Crippen molar-refractivity contribution < 1.29 is 4.79 Å². The number of anilines is 1. The Bertz CT molecular complexity index is 900. The molecule has 0 bridgehead atoms. The van der Waals surface area contributed by atoms with Crippen LogP contribution in [-0.4, -0.2) is 36.6 Å². The lowest BCUT2D eigenvalue weighted by Crippen LogP contribution is -2.14. The van der Waals surface area contributed by atoms with E-state index in [9.17, 15) is 4.79 Å². The van der Waals surface area contributed by atoms with Gasteiger partial charge in [-0.15, -0.1) is 31.7 Å². The number of carbonyl (C=O) groups excluding carboxylic acids is 1. The lowest BCUT2D eigenvalue weighted by Gasteiger charge is -2.07. The first-order chi connectivity index (χ1) is 13.1. The molecule has 0 spiro atoms. The SMILES string of the molecule is CCCn1c(SCC(=O)Nc2nnc(CC)s2)nnc1-c1csc(CC)c1. The van der Waals surface area contributed by atoms with E-state index in [-0.39, 0.29) is 11.7 Å². The summed E-state index contributed by atoms with van der Waals surface area (Å²) in [6.07, 6.45) is 2.80. The summed E-state index contributed by atoms with van der Waals surface area (Å²) in [5.41, 5.74) is 1.09. The van der Waals surface area contributed by atoms with Gasteiger partial charge in [-0.25, -0.2) is 0 Å². The summed E-state index contributed by atoms with van der Waals surface area (Å²) in [5, 5.41) is 23.8. The number of thiophene rings is 1. The number of nitrogens with zero attached hydrogens (tertiary/aromatic N) is 5. The molecule has 10 heteroatoms. The van der Waals surface area contributed by atoms with E-state index in [4.69, 9.17) is 0 Å². The quantitative estimate of drug-likeness (QED) is 0.522. The minimum Gasteiger partial charge on any atom is -0.302 e. The van der Waals surface area contributed by atoms with Crippen molar-refractivity contribution in [1.82, 2.24) is 25.0 Å². The fraction of sp³-hybridized carbons (Fsp3) is 0.471. The van der Waals surface area contributed by atoms with Gasteiger partial charge in [0.2, 0.25) is 11.0 Å². The summed E-state index contributed by atoms with van der Waals surface area (Å²) >= 11 is 4.54. The fourth-order valence-electron chi connectivity index (χ4n) is 2.45. The van der Waals surface area contributed by atoms with Crippen molar-refractivity contribution in [3.8, 4) is 11.4 Å². The Kier molecular flexibility index (Phi) is 6.97. The Hall–Kier alpha value is -1.78. The molecule has 0 aliphatic rings. The zero-order chi connectivity index (χ0) is 19.2. The van der Waals surface area contributed by atoms with Gasteiger partial charge in [0.05, 0.1) is 5.75 Å². The number of aromatic nitrogens is 5. The van der Waals surface area contributed by atoms with Crippen molar-refractivity contribution in [2.75, 3.05) is 11.1 Å². The molecule has 7 nitrogen and oxygen atoms in total. The molecule has 0 aliphatic carbocycles. The monoisotopic (exact) mass is 422 g/mol. The molecule has 0 saturated heterocycles. The van der Waals surface area contributed by atoms with Crippen LogP contribution in [0.25, 0.3) is 11.4 Å². The molecule has 3 aromatic rings. The average Bonchev–Trinajstić information content (AvgIpc) is 3.39. The van der Waals surface area contributed by atoms with Crippen LogP contribution in [0.1, 0.15) is 37.1 Å². The Balaban J connectivity index is 1.68. The van der Waals surface area contributed by atoms with Gasteiger partial charge in [-0.3, -0.25) is 10.1 Å². The van der Waals surface area contributed by atoms with E-state index in [1.54, 1.807) is 11.3 Å². The molecule has 27 heavy (non-hydrogen) atoms. The van der Waals surface area contributed by atoms with Gasteiger partial charge in [0.15, 0.2) is 11.0 Å². The van der Waals surface area contributed by atoms with Crippen molar-refractivity contribution >= 4 is 45.5 Å². The summed E-state index contributed by atoms with van der Waals surface area (Å²) in [5.74, 6) is 1.01. The lowest BCUT2D eigenvalue weighted by molar-refractivity contribution is -0.113. The van der Waals surface area contributed by atoms with Gasteiger partial charge in [0.1, 0.15) is 5.01 Å². The maximum Gasteiger partial charge on any atom is 0.236 e. The number of aryl methyl sites for hydroxylation is 2. The van der Waals surface area contributed by atoms with E-state index in [0.717, 1.165) is 47.4 Å².